The second-order valence-electron chi connectivity index (χ2n) is 10.0. The molecule has 6 heterocycles. The first-order valence-corrected chi connectivity index (χ1v) is 12.8. The number of piperidine rings is 1. The van der Waals surface area contributed by atoms with Crippen LogP contribution in [0.3, 0.4) is 0 Å². The number of hydrazine groups is 1. The van der Waals surface area contributed by atoms with Crippen molar-refractivity contribution in [1.82, 2.24) is 44.9 Å². The van der Waals surface area contributed by atoms with Crippen LogP contribution in [0.25, 0.3) is 16.7 Å². The minimum atomic E-state index is -0.145. The maximum atomic E-state index is 13.1. The summed E-state index contributed by atoms with van der Waals surface area (Å²) in [6.45, 7) is 5.50. The summed E-state index contributed by atoms with van der Waals surface area (Å²) >= 11 is 0. The molecule has 0 aliphatic carbocycles. The van der Waals surface area contributed by atoms with Crippen LogP contribution in [0.2, 0.25) is 0 Å². The first kappa shape index (κ1) is 23.6. The highest BCUT2D eigenvalue weighted by Gasteiger charge is 2.23. The number of anilines is 2. The van der Waals surface area contributed by atoms with E-state index in [2.05, 4.69) is 44.0 Å². The first-order chi connectivity index (χ1) is 17.9. The quantitative estimate of drug-likeness (QED) is 0.379. The lowest BCUT2D eigenvalue weighted by Gasteiger charge is -2.37. The first-order valence-electron chi connectivity index (χ1n) is 12.8. The molecule has 3 aliphatic rings. The molecule has 2 N–H and O–H groups in total. The topological polar surface area (TPSA) is 109 Å². The number of rotatable bonds is 0. The zero-order chi connectivity index (χ0) is 25.5. The zero-order valence-electron chi connectivity index (χ0n) is 21.5. The number of nitrogens with one attached hydrogen (secondary N) is 2. The van der Waals surface area contributed by atoms with Gasteiger partial charge in [-0.2, -0.15) is 15.2 Å². The number of aromatic nitrogens is 6. The second-order valence-corrected chi connectivity index (χ2v) is 10.0. The van der Waals surface area contributed by atoms with E-state index in [1.54, 1.807) is 10.9 Å². The average molecular weight is 501 g/mol. The molecule has 0 radical (unpaired) electrons. The van der Waals surface area contributed by atoms with Gasteiger partial charge in [-0.15, -0.1) is 0 Å². The Balaban J connectivity index is 1.37. The fraction of sp³-hybridized carbons (Fsp3) is 0.423. The Hall–Kier alpha value is -3.83. The molecule has 0 atom stereocenters. The van der Waals surface area contributed by atoms with Gasteiger partial charge in [-0.1, -0.05) is 0 Å². The van der Waals surface area contributed by atoms with E-state index in [0.717, 1.165) is 61.2 Å². The Morgan fingerprint density at radius 1 is 1.05 bits per heavy atom. The average Bonchev–Trinajstić information content (AvgIpc) is 3.43. The smallest absolute Gasteiger partial charge is 0.272 e. The Bertz CT molecular complexity index is 1450. The molecule has 11 heteroatoms. The summed E-state index contributed by atoms with van der Waals surface area (Å²) in [5.41, 5.74) is 4.25. The van der Waals surface area contributed by atoms with Crippen molar-refractivity contribution in [2.45, 2.75) is 32.7 Å². The maximum Gasteiger partial charge on any atom is 0.272 e. The van der Waals surface area contributed by atoms with Crippen molar-refractivity contribution in [1.29, 1.82) is 0 Å². The molecule has 3 aromatic heterocycles. The highest BCUT2D eigenvalue weighted by Crippen LogP contribution is 2.25. The number of carbonyl (C=O) groups is 1. The lowest BCUT2D eigenvalue weighted by molar-refractivity contribution is -0.0355. The SMILES string of the molecule is Cc1nn2cc1CN(C)N1CCC(CCNC(=O)c3nn(C)c4ccc(cc34)Nc3nccc-2n3)CC1. The summed E-state index contributed by atoms with van der Waals surface area (Å²) in [5, 5.41) is 21.1. The molecule has 0 saturated carbocycles. The van der Waals surface area contributed by atoms with Gasteiger partial charge < -0.3 is 10.6 Å². The van der Waals surface area contributed by atoms with Crippen LogP contribution in [-0.2, 0) is 13.6 Å². The van der Waals surface area contributed by atoms with Crippen LogP contribution in [-0.4, -0.2) is 72.1 Å². The minimum absolute atomic E-state index is 0.145. The zero-order valence-corrected chi connectivity index (χ0v) is 21.5. The molecule has 0 spiro atoms. The Morgan fingerprint density at radius 3 is 2.73 bits per heavy atom. The van der Waals surface area contributed by atoms with Crippen molar-refractivity contribution in [3.63, 3.8) is 0 Å². The summed E-state index contributed by atoms with van der Waals surface area (Å²) < 4.78 is 3.56. The fourth-order valence-corrected chi connectivity index (χ4v) is 5.32. The molecule has 192 valence electrons. The van der Waals surface area contributed by atoms with E-state index in [9.17, 15) is 4.79 Å². The van der Waals surface area contributed by atoms with E-state index in [0.29, 0.717) is 29.9 Å². The van der Waals surface area contributed by atoms with Gasteiger partial charge in [0.1, 0.15) is 0 Å². The summed E-state index contributed by atoms with van der Waals surface area (Å²) in [7, 11) is 4.00. The van der Waals surface area contributed by atoms with E-state index < -0.39 is 0 Å². The van der Waals surface area contributed by atoms with Crippen molar-refractivity contribution >= 4 is 28.4 Å². The minimum Gasteiger partial charge on any atom is -0.351 e. The van der Waals surface area contributed by atoms with Crippen LogP contribution in [0.4, 0.5) is 11.6 Å². The van der Waals surface area contributed by atoms with Crippen LogP contribution in [0.1, 0.15) is 41.0 Å². The van der Waals surface area contributed by atoms with Crippen molar-refractivity contribution < 1.29 is 4.79 Å². The van der Waals surface area contributed by atoms with E-state index >= 15 is 0 Å². The van der Waals surface area contributed by atoms with Crippen LogP contribution in [0, 0.1) is 12.8 Å². The van der Waals surface area contributed by atoms with Gasteiger partial charge in [-0.25, -0.2) is 19.7 Å². The van der Waals surface area contributed by atoms with Gasteiger partial charge in [0, 0.05) is 75.4 Å². The summed E-state index contributed by atoms with van der Waals surface area (Å²) in [5.74, 6) is 1.59. The number of benzene rings is 1. The maximum absolute atomic E-state index is 13.1. The molecular weight excluding hydrogens is 468 g/mol. The third kappa shape index (κ3) is 4.67. The second kappa shape index (κ2) is 9.56. The Labute approximate surface area is 215 Å². The summed E-state index contributed by atoms with van der Waals surface area (Å²) in [4.78, 5) is 22.2. The predicted molar refractivity (Wildman–Crippen MR) is 141 cm³/mol. The largest absolute Gasteiger partial charge is 0.351 e. The summed E-state index contributed by atoms with van der Waals surface area (Å²) in [6, 6.07) is 7.67. The fourth-order valence-electron chi connectivity index (χ4n) is 5.32. The number of carbonyl (C=O) groups excluding carboxylic acids is 1. The van der Waals surface area contributed by atoms with E-state index in [1.165, 1.54) is 5.56 Å². The molecule has 11 nitrogen and oxygen atoms in total. The highest BCUT2D eigenvalue weighted by atomic mass is 16.1. The standard InChI is InChI=1S/C26H32N10O/c1-17-19-15-33(2)35-12-8-18(9-13-35)6-10-27-25(37)24-21-14-20(4-5-22(21)34(3)32-24)29-26-28-11-7-23(30-26)36(16-19)31-17/h4-5,7,11,14,16,18H,6,8-10,12-13,15H2,1-3H3,(H,27,37)(H,28,29,30). The van der Waals surface area contributed by atoms with Crippen LogP contribution in [0.15, 0.2) is 36.7 Å². The van der Waals surface area contributed by atoms with Crippen LogP contribution < -0.4 is 10.6 Å². The van der Waals surface area contributed by atoms with Gasteiger partial charge in [-0.3, -0.25) is 9.48 Å². The van der Waals surface area contributed by atoms with Crippen molar-refractivity contribution in [3.05, 3.63) is 53.6 Å². The van der Waals surface area contributed by atoms with Gasteiger partial charge in [0.25, 0.3) is 5.91 Å². The van der Waals surface area contributed by atoms with E-state index in [1.807, 2.05) is 42.9 Å². The highest BCUT2D eigenvalue weighted by molar-refractivity contribution is 6.05. The normalized spacial score (nSPS) is 21.0. The molecular formula is C26H32N10O. The van der Waals surface area contributed by atoms with Gasteiger partial charge in [0.05, 0.1) is 11.2 Å². The molecule has 8 bridgehead atoms. The van der Waals surface area contributed by atoms with Gasteiger partial charge in [0.2, 0.25) is 5.95 Å². The van der Waals surface area contributed by atoms with Crippen LogP contribution in [0.5, 0.6) is 0 Å². The molecule has 1 aromatic carbocycles. The Morgan fingerprint density at radius 2 is 1.89 bits per heavy atom. The molecule has 4 aromatic rings. The number of amides is 1. The number of hydrogen-bond donors (Lipinski definition) is 2. The van der Waals surface area contributed by atoms with Gasteiger partial charge in [0.15, 0.2) is 11.5 Å². The molecule has 37 heavy (non-hydrogen) atoms. The number of nitrogens with zero attached hydrogens (tertiary/aromatic N) is 8. The molecule has 3 aliphatic heterocycles. The monoisotopic (exact) mass is 500 g/mol. The number of fused-ring (bicyclic) bond motifs is 6. The molecule has 1 fully saturated rings. The number of aryl methyl sites for hydroxylation is 2. The Kier molecular flexibility index (Phi) is 6.09. The molecule has 1 saturated heterocycles. The summed E-state index contributed by atoms with van der Waals surface area (Å²) in [6.07, 6.45) is 6.97. The lowest BCUT2D eigenvalue weighted by atomic mass is 9.94. The molecule has 0 unspecified atom stereocenters. The third-order valence-corrected chi connectivity index (χ3v) is 7.51. The van der Waals surface area contributed by atoms with Crippen molar-refractivity contribution in [2.24, 2.45) is 13.0 Å². The van der Waals surface area contributed by atoms with Crippen LogP contribution >= 0.6 is 0 Å². The van der Waals surface area contributed by atoms with Gasteiger partial charge in [-0.05, 0) is 50.3 Å². The predicted octanol–water partition coefficient (Wildman–Crippen LogP) is 2.79. The molecule has 1 amide bonds. The van der Waals surface area contributed by atoms with E-state index in [4.69, 9.17) is 10.1 Å². The number of hydrogen-bond acceptors (Lipinski definition) is 8. The molecule has 7 rings (SSSR count). The van der Waals surface area contributed by atoms with Gasteiger partial charge >= 0.3 is 0 Å². The van der Waals surface area contributed by atoms with E-state index in [-0.39, 0.29) is 5.91 Å². The third-order valence-electron chi connectivity index (χ3n) is 7.51. The lowest BCUT2D eigenvalue weighted by Crippen LogP contribution is -2.44. The van der Waals surface area contributed by atoms with Crippen molar-refractivity contribution in [3.8, 4) is 5.82 Å². The van der Waals surface area contributed by atoms with Crippen molar-refractivity contribution in [2.75, 3.05) is 32.0 Å².